The molecule has 0 aliphatic carbocycles. The first-order valence-electron chi connectivity index (χ1n) is 8.35. The summed E-state index contributed by atoms with van der Waals surface area (Å²) in [6.45, 7) is 7.63. The standard InChI is InChI=1S/C19H24N2O3S/c1-5-13-7-9-14(10-8-13)24-11(3)18(23)21-19-16(17(20)22)15(6-2)12(4)25-19/h7-11H,5-6H2,1-4H3,(H2,20,22)(H,21,23). The van der Waals surface area contributed by atoms with Gasteiger partial charge in [0.1, 0.15) is 10.8 Å². The van der Waals surface area contributed by atoms with Crippen LogP contribution in [0.25, 0.3) is 0 Å². The Balaban J connectivity index is 2.12. The number of rotatable bonds is 7. The Morgan fingerprint density at radius 3 is 2.36 bits per heavy atom. The quantitative estimate of drug-likeness (QED) is 0.790. The van der Waals surface area contributed by atoms with E-state index in [1.807, 2.05) is 38.1 Å². The minimum Gasteiger partial charge on any atom is -0.481 e. The lowest BCUT2D eigenvalue weighted by Crippen LogP contribution is -2.30. The average Bonchev–Trinajstić information content (AvgIpc) is 2.90. The number of aryl methyl sites for hydroxylation is 2. The van der Waals surface area contributed by atoms with Crippen molar-refractivity contribution in [2.45, 2.75) is 46.6 Å². The van der Waals surface area contributed by atoms with E-state index in [9.17, 15) is 9.59 Å². The van der Waals surface area contributed by atoms with Crippen molar-refractivity contribution >= 4 is 28.2 Å². The fraction of sp³-hybridized carbons (Fsp3) is 0.368. The molecule has 0 aliphatic rings. The van der Waals surface area contributed by atoms with E-state index >= 15 is 0 Å². The van der Waals surface area contributed by atoms with Crippen molar-refractivity contribution in [3.63, 3.8) is 0 Å². The number of amides is 2. The van der Waals surface area contributed by atoms with Gasteiger partial charge in [-0.1, -0.05) is 26.0 Å². The van der Waals surface area contributed by atoms with Gasteiger partial charge in [-0.25, -0.2) is 0 Å². The third-order valence-electron chi connectivity index (χ3n) is 4.06. The van der Waals surface area contributed by atoms with Gasteiger partial charge in [0.25, 0.3) is 11.8 Å². The molecule has 1 aromatic heterocycles. The number of thiophene rings is 1. The summed E-state index contributed by atoms with van der Waals surface area (Å²) in [5.41, 5.74) is 7.98. The molecular formula is C19H24N2O3S. The van der Waals surface area contributed by atoms with Gasteiger partial charge >= 0.3 is 0 Å². The van der Waals surface area contributed by atoms with E-state index in [0.29, 0.717) is 22.7 Å². The van der Waals surface area contributed by atoms with Gasteiger partial charge in [0.05, 0.1) is 5.56 Å². The fourth-order valence-corrected chi connectivity index (χ4v) is 3.78. The number of hydrogen-bond acceptors (Lipinski definition) is 4. The Labute approximate surface area is 152 Å². The summed E-state index contributed by atoms with van der Waals surface area (Å²) in [6.07, 6.45) is 0.941. The summed E-state index contributed by atoms with van der Waals surface area (Å²) in [4.78, 5) is 25.2. The van der Waals surface area contributed by atoms with E-state index in [2.05, 4.69) is 12.2 Å². The van der Waals surface area contributed by atoms with Gasteiger partial charge in [-0.15, -0.1) is 11.3 Å². The number of anilines is 1. The highest BCUT2D eigenvalue weighted by Crippen LogP contribution is 2.33. The molecule has 134 valence electrons. The maximum absolute atomic E-state index is 12.4. The van der Waals surface area contributed by atoms with E-state index in [4.69, 9.17) is 10.5 Å². The zero-order chi connectivity index (χ0) is 18.6. The first-order chi connectivity index (χ1) is 11.9. The molecule has 2 amide bonds. The van der Waals surface area contributed by atoms with Gasteiger partial charge in [0, 0.05) is 4.88 Å². The number of ether oxygens (including phenoxy) is 1. The molecule has 5 nitrogen and oxygen atoms in total. The Kier molecular flexibility index (Phi) is 6.20. The van der Waals surface area contributed by atoms with Crippen molar-refractivity contribution in [3.05, 3.63) is 45.8 Å². The van der Waals surface area contributed by atoms with E-state index in [0.717, 1.165) is 16.9 Å². The van der Waals surface area contributed by atoms with Gasteiger partial charge < -0.3 is 15.8 Å². The monoisotopic (exact) mass is 360 g/mol. The zero-order valence-corrected chi connectivity index (χ0v) is 15.8. The zero-order valence-electron chi connectivity index (χ0n) is 15.0. The van der Waals surface area contributed by atoms with Crippen LogP contribution in [-0.2, 0) is 17.6 Å². The van der Waals surface area contributed by atoms with Gasteiger partial charge in [-0.05, 0) is 49.9 Å². The summed E-state index contributed by atoms with van der Waals surface area (Å²) < 4.78 is 5.69. The van der Waals surface area contributed by atoms with Gasteiger partial charge in [0.15, 0.2) is 6.10 Å². The number of nitrogens with one attached hydrogen (secondary N) is 1. The summed E-state index contributed by atoms with van der Waals surface area (Å²) in [5, 5.41) is 3.27. The van der Waals surface area contributed by atoms with Crippen molar-refractivity contribution in [1.29, 1.82) is 0 Å². The first-order valence-corrected chi connectivity index (χ1v) is 9.17. The van der Waals surface area contributed by atoms with Crippen LogP contribution in [0.2, 0.25) is 0 Å². The molecule has 0 saturated heterocycles. The molecule has 0 saturated carbocycles. The van der Waals surface area contributed by atoms with E-state index < -0.39 is 12.0 Å². The molecule has 0 spiro atoms. The van der Waals surface area contributed by atoms with Gasteiger partial charge in [-0.3, -0.25) is 9.59 Å². The summed E-state index contributed by atoms with van der Waals surface area (Å²) in [7, 11) is 0. The van der Waals surface area contributed by atoms with Crippen LogP contribution in [0.15, 0.2) is 24.3 Å². The molecule has 25 heavy (non-hydrogen) atoms. The van der Waals surface area contributed by atoms with Crippen molar-refractivity contribution < 1.29 is 14.3 Å². The summed E-state index contributed by atoms with van der Waals surface area (Å²) in [6, 6.07) is 7.65. The lowest BCUT2D eigenvalue weighted by molar-refractivity contribution is -0.122. The number of carbonyl (C=O) groups is 2. The summed E-state index contributed by atoms with van der Waals surface area (Å²) >= 11 is 1.36. The van der Waals surface area contributed by atoms with Crippen LogP contribution in [-0.4, -0.2) is 17.9 Å². The second kappa shape index (κ2) is 8.16. The average molecular weight is 360 g/mol. The Morgan fingerprint density at radius 1 is 1.20 bits per heavy atom. The largest absolute Gasteiger partial charge is 0.481 e. The van der Waals surface area contributed by atoms with Crippen LogP contribution < -0.4 is 15.8 Å². The lowest BCUT2D eigenvalue weighted by atomic mass is 10.1. The number of carbonyl (C=O) groups excluding carboxylic acids is 2. The Bertz CT molecular complexity index is 766. The summed E-state index contributed by atoms with van der Waals surface area (Å²) in [5.74, 6) is -0.210. The highest BCUT2D eigenvalue weighted by atomic mass is 32.1. The normalized spacial score (nSPS) is 11.8. The van der Waals surface area contributed by atoms with Crippen molar-refractivity contribution in [2.24, 2.45) is 5.73 Å². The van der Waals surface area contributed by atoms with Crippen molar-refractivity contribution in [3.8, 4) is 5.75 Å². The van der Waals surface area contributed by atoms with E-state index in [-0.39, 0.29) is 5.91 Å². The van der Waals surface area contributed by atoms with Crippen LogP contribution in [0.3, 0.4) is 0 Å². The molecule has 0 radical (unpaired) electrons. The van der Waals surface area contributed by atoms with Crippen LogP contribution in [0.1, 0.15) is 47.1 Å². The fourth-order valence-electron chi connectivity index (χ4n) is 2.63. The van der Waals surface area contributed by atoms with Crippen LogP contribution in [0, 0.1) is 6.92 Å². The van der Waals surface area contributed by atoms with Crippen molar-refractivity contribution in [2.75, 3.05) is 5.32 Å². The minimum atomic E-state index is -0.694. The number of hydrogen-bond donors (Lipinski definition) is 2. The number of benzene rings is 1. The minimum absolute atomic E-state index is 0.314. The van der Waals surface area contributed by atoms with Crippen molar-refractivity contribution in [1.82, 2.24) is 0 Å². The molecule has 0 fully saturated rings. The molecule has 0 bridgehead atoms. The van der Waals surface area contributed by atoms with Crippen LogP contribution >= 0.6 is 11.3 Å². The Morgan fingerprint density at radius 2 is 1.84 bits per heavy atom. The van der Waals surface area contributed by atoms with E-state index in [1.54, 1.807) is 6.92 Å². The van der Waals surface area contributed by atoms with Gasteiger partial charge in [0.2, 0.25) is 0 Å². The highest BCUT2D eigenvalue weighted by Gasteiger charge is 2.23. The van der Waals surface area contributed by atoms with Crippen LogP contribution in [0.5, 0.6) is 5.75 Å². The second-order valence-electron chi connectivity index (χ2n) is 5.81. The molecule has 2 rings (SSSR count). The van der Waals surface area contributed by atoms with Gasteiger partial charge in [-0.2, -0.15) is 0 Å². The molecule has 1 heterocycles. The predicted molar refractivity (Wildman–Crippen MR) is 101 cm³/mol. The molecule has 1 atom stereocenters. The lowest BCUT2D eigenvalue weighted by Gasteiger charge is -2.15. The topological polar surface area (TPSA) is 81.4 Å². The first kappa shape index (κ1) is 19.0. The SMILES string of the molecule is CCc1ccc(OC(C)C(=O)Nc2sc(C)c(CC)c2C(N)=O)cc1. The molecule has 0 aliphatic heterocycles. The third kappa shape index (κ3) is 4.39. The predicted octanol–water partition coefficient (Wildman–Crippen LogP) is 3.69. The number of nitrogens with two attached hydrogens (primary N) is 1. The number of primary amides is 1. The molecule has 6 heteroatoms. The van der Waals surface area contributed by atoms with E-state index in [1.165, 1.54) is 16.9 Å². The second-order valence-corrected chi connectivity index (χ2v) is 7.03. The molecular weight excluding hydrogens is 336 g/mol. The maximum Gasteiger partial charge on any atom is 0.265 e. The molecule has 3 N–H and O–H groups in total. The smallest absolute Gasteiger partial charge is 0.265 e. The highest BCUT2D eigenvalue weighted by molar-refractivity contribution is 7.16. The third-order valence-corrected chi connectivity index (χ3v) is 5.12. The van der Waals surface area contributed by atoms with Crippen LogP contribution in [0.4, 0.5) is 5.00 Å². The Hall–Kier alpha value is -2.34. The maximum atomic E-state index is 12.4. The molecule has 2 aromatic rings. The molecule has 1 unspecified atom stereocenters. The molecule has 1 aromatic carbocycles.